The predicted octanol–water partition coefficient (Wildman–Crippen LogP) is 6.45. The smallest absolute Gasteiger partial charge is 0.250 e. The maximum atomic E-state index is 12.4. The summed E-state index contributed by atoms with van der Waals surface area (Å²) in [4.78, 5) is 12.4. The van der Waals surface area contributed by atoms with Crippen molar-refractivity contribution in [2.24, 2.45) is 5.10 Å². The Labute approximate surface area is 222 Å². The highest BCUT2D eigenvalue weighted by atomic mass is 32.2. The molecule has 0 saturated heterocycles. The highest BCUT2D eigenvalue weighted by molar-refractivity contribution is 7.99. The van der Waals surface area contributed by atoms with Gasteiger partial charge in [-0.2, -0.15) is 5.10 Å². The average Bonchev–Trinajstić information content (AvgIpc) is 3.32. The summed E-state index contributed by atoms with van der Waals surface area (Å²) in [6.45, 7) is 8.64. The molecule has 0 aliphatic heterocycles. The number of rotatable bonds is 8. The molecule has 4 rings (SSSR count). The van der Waals surface area contributed by atoms with Crippen LogP contribution in [0.2, 0.25) is 0 Å². The van der Waals surface area contributed by atoms with E-state index < -0.39 is 0 Å². The molecule has 3 aromatic carbocycles. The number of hydrazone groups is 1. The van der Waals surface area contributed by atoms with Crippen molar-refractivity contribution in [3.05, 3.63) is 102 Å². The summed E-state index contributed by atoms with van der Waals surface area (Å²) >= 11 is 1.32. The molecule has 0 aliphatic rings. The van der Waals surface area contributed by atoms with E-state index >= 15 is 0 Å². The number of thioether (sulfide) groups is 1. The van der Waals surface area contributed by atoms with E-state index in [4.69, 9.17) is 0 Å². The fourth-order valence-corrected chi connectivity index (χ4v) is 4.37. The quantitative estimate of drug-likeness (QED) is 0.168. The molecule has 4 aromatic rings. The van der Waals surface area contributed by atoms with Gasteiger partial charge in [0, 0.05) is 17.5 Å². The summed E-state index contributed by atoms with van der Waals surface area (Å²) in [6, 6.07) is 26.5. The van der Waals surface area contributed by atoms with Gasteiger partial charge in [-0.05, 0) is 41.7 Å². The Bertz CT molecular complexity index is 1380. The minimum atomic E-state index is -0.219. The number of carbonyl (C=O) groups is 1. The van der Waals surface area contributed by atoms with Crippen molar-refractivity contribution >= 4 is 30.0 Å². The molecule has 6 nitrogen and oxygen atoms in total. The van der Waals surface area contributed by atoms with Crippen molar-refractivity contribution in [2.45, 2.75) is 38.3 Å². The van der Waals surface area contributed by atoms with Crippen LogP contribution in [0.15, 0.2) is 95.2 Å². The maximum absolute atomic E-state index is 12.4. The summed E-state index contributed by atoms with van der Waals surface area (Å²) < 4.78 is 2.00. The third-order valence-electron chi connectivity index (χ3n) is 5.71. The molecular formula is C30H31N5OS. The molecule has 1 N–H and O–H groups in total. The molecule has 37 heavy (non-hydrogen) atoms. The topological polar surface area (TPSA) is 72.2 Å². The lowest BCUT2D eigenvalue weighted by Crippen LogP contribution is -2.19. The minimum absolute atomic E-state index is 0.0668. The molecular weight excluding hydrogens is 478 g/mol. The Kier molecular flexibility index (Phi) is 8.36. The minimum Gasteiger partial charge on any atom is -0.272 e. The first-order valence-corrected chi connectivity index (χ1v) is 13.1. The number of aryl methyl sites for hydroxylation is 1. The second kappa shape index (κ2) is 11.8. The Morgan fingerprint density at radius 3 is 2.35 bits per heavy atom. The van der Waals surface area contributed by atoms with Gasteiger partial charge in [0.25, 0.3) is 5.91 Å². The van der Waals surface area contributed by atoms with E-state index in [0.717, 1.165) is 22.6 Å². The van der Waals surface area contributed by atoms with Gasteiger partial charge in [0.1, 0.15) is 0 Å². The molecule has 0 radical (unpaired) electrons. The first-order chi connectivity index (χ1) is 17.8. The number of allylic oxidation sites excluding steroid dienone is 1. The van der Waals surface area contributed by atoms with Crippen molar-refractivity contribution < 1.29 is 4.79 Å². The molecule has 0 atom stereocenters. The van der Waals surface area contributed by atoms with Crippen LogP contribution in [0.3, 0.4) is 0 Å². The van der Waals surface area contributed by atoms with Gasteiger partial charge >= 0.3 is 0 Å². The van der Waals surface area contributed by atoms with Crippen LogP contribution in [0, 0.1) is 6.92 Å². The zero-order chi connectivity index (χ0) is 26.3. The standard InChI is InChI=1S/C30H31N5OS/c1-22-12-18-26(19-13-22)35-28(24-14-16-25(17-15-24)30(2,3)4)33-34-29(35)37-21-27(36)32-31-20-8-11-23-9-6-5-7-10-23/h5-20H,21H2,1-4H3,(H,32,36). The molecule has 1 amide bonds. The molecule has 0 unspecified atom stereocenters. The Hall–Kier alpha value is -3.97. The van der Waals surface area contributed by atoms with Crippen LogP contribution in [0.5, 0.6) is 0 Å². The normalized spacial score (nSPS) is 11.9. The van der Waals surface area contributed by atoms with Crippen LogP contribution in [0.4, 0.5) is 0 Å². The van der Waals surface area contributed by atoms with Gasteiger partial charge < -0.3 is 0 Å². The van der Waals surface area contributed by atoms with Crippen molar-refractivity contribution in [3.8, 4) is 17.1 Å². The number of nitrogens with one attached hydrogen (secondary N) is 1. The van der Waals surface area contributed by atoms with E-state index in [9.17, 15) is 4.79 Å². The van der Waals surface area contributed by atoms with E-state index in [2.05, 4.69) is 84.8 Å². The number of benzene rings is 3. The average molecular weight is 510 g/mol. The van der Waals surface area contributed by atoms with Crippen LogP contribution in [0.25, 0.3) is 23.2 Å². The Morgan fingerprint density at radius 2 is 1.68 bits per heavy atom. The van der Waals surface area contributed by atoms with Gasteiger partial charge in [-0.15, -0.1) is 10.2 Å². The molecule has 0 bridgehead atoms. The zero-order valence-electron chi connectivity index (χ0n) is 21.6. The van der Waals surface area contributed by atoms with Crippen molar-refractivity contribution in [2.75, 3.05) is 5.75 Å². The number of carbonyl (C=O) groups excluding carboxylic acids is 1. The van der Waals surface area contributed by atoms with Crippen molar-refractivity contribution in [3.63, 3.8) is 0 Å². The number of amides is 1. The van der Waals surface area contributed by atoms with Crippen LogP contribution < -0.4 is 5.43 Å². The number of hydrogen-bond donors (Lipinski definition) is 1. The molecule has 188 valence electrons. The first kappa shape index (κ1) is 26.1. The summed E-state index contributed by atoms with van der Waals surface area (Å²) in [5.41, 5.74) is 8.02. The fraction of sp³-hybridized carbons (Fsp3) is 0.200. The third kappa shape index (κ3) is 7.05. The molecule has 0 spiro atoms. The molecule has 0 aliphatic carbocycles. The third-order valence-corrected chi connectivity index (χ3v) is 6.63. The van der Waals surface area contributed by atoms with E-state index in [-0.39, 0.29) is 17.1 Å². The zero-order valence-corrected chi connectivity index (χ0v) is 22.4. The highest BCUT2D eigenvalue weighted by Gasteiger charge is 2.19. The second-order valence-electron chi connectivity index (χ2n) is 9.68. The van der Waals surface area contributed by atoms with E-state index in [1.165, 1.54) is 22.9 Å². The first-order valence-electron chi connectivity index (χ1n) is 12.1. The monoisotopic (exact) mass is 509 g/mol. The molecule has 0 saturated carbocycles. The van der Waals surface area contributed by atoms with E-state index in [1.807, 2.05) is 53.1 Å². The number of aromatic nitrogens is 3. The molecule has 0 fully saturated rings. The fourth-order valence-electron chi connectivity index (χ4n) is 3.63. The molecule has 7 heteroatoms. The van der Waals surface area contributed by atoms with Gasteiger partial charge in [-0.1, -0.05) is 111 Å². The summed E-state index contributed by atoms with van der Waals surface area (Å²) in [5.74, 6) is 0.673. The maximum Gasteiger partial charge on any atom is 0.250 e. The van der Waals surface area contributed by atoms with Crippen molar-refractivity contribution in [1.82, 2.24) is 20.2 Å². The van der Waals surface area contributed by atoms with Gasteiger partial charge in [-0.25, -0.2) is 5.43 Å². The van der Waals surface area contributed by atoms with Crippen LogP contribution in [0.1, 0.15) is 37.5 Å². The summed E-state index contributed by atoms with van der Waals surface area (Å²) in [6.07, 6.45) is 5.27. The van der Waals surface area contributed by atoms with Crippen LogP contribution in [-0.2, 0) is 10.2 Å². The number of hydrogen-bond acceptors (Lipinski definition) is 5. The Morgan fingerprint density at radius 1 is 0.973 bits per heavy atom. The molecule has 1 aromatic heterocycles. The number of nitrogens with zero attached hydrogens (tertiary/aromatic N) is 4. The van der Waals surface area contributed by atoms with Gasteiger partial charge in [0.2, 0.25) is 0 Å². The van der Waals surface area contributed by atoms with E-state index in [0.29, 0.717) is 5.16 Å². The van der Waals surface area contributed by atoms with Crippen LogP contribution in [-0.4, -0.2) is 32.6 Å². The lowest BCUT2D eigenvalue weighted by Gasteiger charge is -2.19. The van der Waals surface area contributed by atoms with Gasteiger partial charge in [-0.3, -0.25) is 9.36 Å². The molecule has 1 heterocycles. The SMILES string of the molecule is Cc1ccc(-n2c(SCC(=O)NN=CC=Cc3ccccc3)nnc2-c2ccc(C(C)(C)C)cc2)cc1. The lowest BCUT2D eigenvalue weighted by atomic mass is 9.87. The lowest BCUT2D eigenvalue weighted by molar-refractivity contribution is -0.118. The predicted molar refractivity (Wildman–Crippen MR) is 153 cm³/mol. The Balaban J connectivity index is 1.48. The van der Waals surface area contributed by atoms with Crippen molar-refractivity contribution in [1.29, 1.82) is 0 Å². The van der Waals surface area contributed by atoms with Gasteiger partial charge in [0.05, 0.1) is 5.75 Å². The second-order valence-corrected chi connectivity index (χ2v) is 10.6. The summed E-state index contributed by atoms with van der Waals surface area (Å²) in [5, 5.41) is 13.6. The van der Waals surface area contributed by atoms with Crippen LogP contribution >= 0.6 is 11.8 Å². The summed E-state index contributed by atoms with van der Waals surface area (Å²) in [7, 11) is 0. The van der Waals surface area contributed by atoms with E-state index in [1.54, 1.807) is 12.3 Å². The largest absolute Gasteiger partial charge is 0.272 e. The highest BCUT2D eigenvalue weighted by Crippen LogP contribution is 2.30. The van der Waals surface area contributed by atoms with Gasteiger partial charge in [0.15, 0.2) is 11.0 Å².